The van der Waals surface area contributed by atoms with Gasteiger partial charge in [-0.05, 0) is 36.1 Å². The van der Waals surface area contributed by atoms with Gasteiger partial charge in [0.15, 0.2) is 0 Å². The molecule has 1 aromatic heterocycles. The topological polar surface area (TPSA) is 54.6 Å². The van der Waals surface area contributed by atoms with Crippen molar-refractivity contribution in [3.8, 4) is 5.75 Å². The number of aliphatic hydroxyl groups excluding tert-OH is 1. The van der Waals surface area contributed by atoms with Crippen LogP contribution in [0.4, 0.5) is 0 Å². The first-order valence-corrected chi connectivity index (χ1v) is 6.92. The first-order chi connectivity index (χ1) is 9.54. The van der Waals surface area contributed by atoms with Crippen LogP contribution in [0.25, 0.3) is 11.0 Å². The third-order valence-corrected chi connectivity index (χ3v) is 3.47. The van der Waals surface area contributed by atoms with E-state index in [0.717, 1.165) is 35.4 Å². The molecule has 4 heteroatoms. The van der Waals surface area contributed by atoms with Crippen molar-refractivity contribution in [2.24, 2.45) is 5.41 Å². The largest absolute Gasteiger partial charge is 0.497 e. The molecule has 0 amide bonds. The van der Waals surface area contributed by atoms with Crippen molar-refractivity contribution in [3.05, 3.63) is 30.0 Å². The Morgan fingerprint density at radius 3 is 2.80 bits per heavy atom. The summed E-state index contributed by atoms with van der Waals surface area (Å²) in [6.07, 6.45) is 0.789. The van der Waals surface area contributed by atoms with Gasteiger partial charge in [0.05, 0.1) is 13.7 Å². The fraction of sp³-hybridized carbons (Fsp3) is 0.500. The van der Waals surface area contributed by atoms with Crippen LogP contribution in [-0.2, 0) is 6.54 Å². The summed E-state index contributed by atoms with van der Waals surface area (Å²) in [7, 11) is 1.66. The van der Waals surface area contributed by atoms with Gasteiger partial charge in [-0.15, -0.1) is 0 Å². The number of benzene rings is 1. The quantitative estimate of drug-likeness (QED) is 0.817. The van der Waals surface area contributed by atoms with Crippen molar-refractivity contribution in [3.63, 3.8) is 0 Å². The van der Waals surface area contributed by atoms with E-state index < -0.39 is 0 Å². The zero-order chi connectivity index (χ0) is 14.6. The highest BCUT2D eigenvalue weighted by molar-refractivity contribution is 5.79. The van der Waals surface area contributed by atoms with Crippen LogP contribution in [0, 0.1) is 5.41 Å². The van der Waals surface area contributed by atoms with E-state index in [9.17, 15) is 0 Å². The molecular weight excluding hydrogens is 254 g/mol. The predicted octanol–water partition coefficient (Wildman–Crippen LogP) is 2.94. The standard InChI is InChI=1S/C16H23NO3/c1-16(2,6-7-18)11-17-10-14-9-12-8-13(19-3)4-5-15(12)20-14/h4-5,8-9,17-18H,6-7,10-11H2,1-3H3. The van der Waals surface area contributed by atoms with Crippen LogP contribution in [0.2, 0.25) is 0 Å². The van der Waals surface area contributed by atoms with Gasteiger partial charge >= 0.3 is 0 Å². The number of fused-ring (bicyclic) bond motifs is 1. The van der Waals surface area contributed by atoms with E-state index in [1.54, 1.807) is 7.11 Å². The maximum absolute atomic E-state index is 9.00. The summed E-state index contributed by atoms with van der Waals surface area (Å²) in [5, 5.41) is 13.4. The summed E-state index contributed by atoms with van der Waals surface area (Å²) in [6.45, 7) is 6.03. The van der Waals surface area contributed by atoms with Crippen LogP contribution in [-0.4, -0.2) is 25.4 Å². The molecular formula is C16H23NO3. The Morgan fingerprint density at radius 1 is 1.30 bits per heavy atom. The maximum Gasteiger partial charge on any atom is 0.134 e. The van der Waals surface area contributed by atoms with E-state index >= 15 is 0 Å². The van der Waals surface area contributed by atoms with Gasteiger partial charge in [0.1, 0.15) is 17.1 Å². The highest BCUT2D eigenvalue weighted by Crippen LogP contribution is 2.24. The Hall–Kier alpha value is -1.52. The molecule has 0 saturated carbocycles. The molecule has 0 aliphatic rings. The minimum atomic E-state index is 0.0873. The molecule has 1 heterocycles. The van der Waals surface area contributed by atoms with Gasteiger partial charge < -0.3 is 19.6 Å². The molecule has 0 unspecified atom stereocenters. The number of hydrogen-bond donors (Lipinski definition) is 2. The second kappa shape index (κ2) is 6.29. The number of methoxy groups -OCH3 is 1. The Kier molecular flexibility index (Phi) is 4.68. The van der Waals surface area contributed by atoms with Crippen LogP contribution in [0.3, 0.4) is 0 Å². The minimum absolute atomic E-state index is 0.0873. The van der Waals surface area contributed by atoms with Crippen molar-refractivity contribution in [2.45, 2.75) is 26.8 Å². The van der Waals surface area contributed by atoms with Crippen molar-refractivity contribution in [2.75, 3.05) is 20.3 Å². The summed E-state index contributed by atoms with van der Waals surface area (Å²) in [5.74, 6) is 1.75. The fourth-order valence-electron chi connectivity index (χ4n) is 2.21. The van der Waals surface area contributed by atoms with Gasteiger partial charge in [0.2, 0.25) is 0 Å². The van der Waals surface area contributed by atoms with Gasteiger partial charge in [0, 0.05) is 18.5 Å². The Bertz CT molecular complexity index is 560. The molecule has 0 fully saturated rings. The van der Waals surface area contributed by atoms with E-state index in [0.29, 0.717) is 6.54 Å². The predicted molar refractivity (Wildman–Crippen MR) is 80.0 cm³/mol. The molecule has 2 rings (SSSR count). The third kappa shape index (κ3) is 3.74. The lowest BCUT2D eigenvalue weighted by Gasteiger charge is -2.23. The maximum atomic E-state index is 9.00. The van der Waals surface area contributed by atoms with E-state index in [4.69, 9.17) is 14.3 Å². The molecule has 0 saturated heterocycles. The molecule has 2 N–H and O–H groups in total. The number of nitrogens with one attached hydrogen (secondary N) is 1. The molecule has 0 radical (unpaired) electrons. The second-order valence-corrected chi connectivity index (χ2v) is 5.86. The number of ether oxygens (including phenoxy) is 1. The van der Waals surface area contributed by atoms with Gasteiger partial charge in [-0.1, -0.05) is 13.8 Å². The van der Waals surface area contributed by atoms with Gasteiger partial charge in [-0.25, -0.2) is 0 Å². The van der Waals surface area contributed by atoms with Crippen LogP contribution in [0.1, 0.15) is 26.0 Å². The highest BCUT2D eigenvalue weighted by Gasteiger charge is 2.16. The smallest absolute Gasteiger partial charge is 0.134 e. The monoisotopic (exact) mass is 277 g/mol. The number of aliphatic hydroxyl groups is 1. The first kappa shape index (κ1) is 14.9. The molecule has 0 aliphatic heterocycles. The lowest BCUT2D eigenvalue weighted by molar-refractivity contribution is 0.206. The van der Waals surface area contributed by atoms with Gasteiger partial charge in [-0.3, -0.25) is 0 Å². The molecule has 4 nitrogen and oxygen atoms in total. The van der Waals surface area contributed by atoms with E-state index in [-0.39, 0.29) is 12.0 Å². The number of furan rings is 1. The fourth-order valence-corrected chi connectivity index (χ4v) is 2.21. The van der Waals surface area contributed by atoms with E-state index in [1.807, 2.05) is 24.3 Å². The van der Waals surface area contributed by atoms with E-state index in [1.165, 1.54) is 0 Å². The number of hydrogen-bond acceptors (Lipinski definition) is 4. The van der Waals surface area contributed by atoms with Crippen molar-refractivity contribution in [1.29, 1.82) is 0 Å². The molecule has 1 aromatic carbocycles. The van der Waals surface area contributed by atoms with Crippen LogP contribution in [0.15, 0.2) is 28.7 Å². The zero-order valence-electron chi connectivity index (χ0n) is 12.4. The molecule has 110 valence electrons. The zero-order valence-corrected chi connectivity index (χ0v) is 12.4. The molecule has 0 bridgehead atoms. The molecule has 2 aromatic rings. The van der Waals surface area contributed by atoms with Gasteiger partial charge in [0.25, 0.3) is 0 Å². The minimum Gasteiger partial charge on any atom is -0.497 e. The van der Waals surface area contributed by atoms with Crippen molar-refractivity contribution < 1.29 is 14.3 Å². The Balaban J connectivity index is 1.96. The van der Waals surface area contributed by atoms with Gasteiger partial charge in [-0.2, -0.15) is 0 Å². The molecule has 0 aliphatic carbocycles. The summed E-state index contributed by atoms with van der Waals surface area (Å²) < 4.78 is 11.0. The van der Waals surface area contributed by atoms with Crippen LogP contribution >= 0.6 is 0 Å². The summed E-state index contributed by atoms with van der Waals surface area (Å²) in [6, 6.07) is 7.82. The third-order valence-electron chi connectivity index (χ3n) is 3.47. The molecule has 0 spiro atoms. The lowest BCUT2D eigenvalue weighted by atomic mass is 9.90. The SMILES string of the molecule is COc1ccc2oc(CNCC(C)(C)CCO)cc2c1. The average molecular weight is 277 g/mol. The summed E-state index contributed by atoms with van der Waals surface area (Å²) in [4.78, 5) is 0. The van der Waals surface area contributed by atoms with E-state index in [2.05, 4.69) is 19.2 Å². The lowest BCUT2D eigenvalue weighted by Crippen LogP contribution is -2.29. The Morgan fingerprint density at radius 2 is 2.10 bits per heavy atom. The first-order valence-electron chi connectivity index (χ1n) is 6.92. The second-order valence-electron chi connectivity index (χ2n) is 5.86. The van der Waals surface area contributed by atoms with Crippen LogP contribution in [0.5, 0.6) is 5.75 Å². The molecule has 0 atom stereocenters. The molecule has 20 heavy (non-hydrogen) atoms. The average Bonchev–Trinajstić information content (AvgIpc) is 2.79. The van der Waals surface area contributed by atoms with Crippen LogP contribution < -0.4 is 10.1 Å². The summed E-state index contributed by atoms with van der Waals surface area (Å²) in [5.41, 5.74) is 0.960. The van der Waals surface area contributed by atoms with Crippen molar-refractivity contribution in [1.82, 2.24) is 5.32 Å². The highest BCUT2D eigenvalue weighted by atomic mass is 16.5. The summed E-state index contributed by atoms with van der Waals surface area (Å²) >= 11 is 0. The normalized spacial score (nSPS) is 12.0. The Labute approximate surface area is 119 Å². The number of rotatable bonds is 7. The van der Waals surface area contributed by atoms with Crippen molar-refractivity contribution >= 4 is 11.0 Å².